The third kappa shape index (κ3) is 2.80. The number of fused-ring (bicyclic) bond motifs is 1. The first kappa shape index (κ1) is 14.9. The second-order valence-electron chi connectivity index (χ2n) is 5.45. The van der Waals surface area contributed by atoms with Gasteiger partial charge in [-0.1, -0.05) is 11.6 Å². The largest absolute Gasteiger partial charge is 0.497 e. The normalized spacial score (nSPS) is 11.3. The summed E-state index contributed by atoms with van der Waals surface area (Å²) in [6.07, 6.45) is 1.91. The number of ether oxygens (including phenoxy) is 1. The summed E-state index contributed by atoms with van der Waals surface area (Å²) in [6, 6.07) is 11.8. The van der Waals surface area contributed by atoms with Crippen molar-refractivity contribution in [2.45, 2.75) is 6.54 Å². The maximum atomic E-state index is 6.14. The number of pyridine rings is 1. The fourth-order valence-electron chi connectivity index (χ4n) is 2.50. The molecule has 2 heterocycles. The van der Waals surface area contributed by atoms with E-state index < -0.39 is 0 Å². The van der Waals surface area contributed by atoms with Gasteiger partial charge in [-0.3, -0.25) is 0 Å². The van der Waals surface area contributed by atoms with Crippen LogP contribution in [0, 0.1) is 0 Å². The van der Waals surface area contributed by atoms with Crippen molar-refractivity contribution in [1.29, 1.82) is 0 Å². The van der Waals surface area contributed by atoms with E-state index in [2.05, 4.69) is 9.30 Å². The summed E-state index contributed by atoms with van der Waals surface area (Å²) in [5, 5.41) is 0.700. The predicted octanol–water partition coefficient (Wildman–Crippen LogP) is 3.72. The van der Waals surface area contributed by atoms with E-state index in [0.29, 0.717) is 5.02 Å². The molecule has 0 aliphatic rings. The topological polar surface area (TPSA) is 29.8 Å². The van der Waals surface area contributed by atoms with Gasteiger partial charge in [-0.2, -0.15) is 0 Å². The number of benzene rings is 1. The third-order valence-corrected chi connectivity index (χ3v) is 3.73. The minimum Gasteiger partial charge on any atom is -0.497 e. The minimum atomic E-state index is 0.700. The summed E-state index contributed by atoms with van der Waals surface area (Å²) < 4.78 is 7.28. The summed E-state index contributed by atoms with van der Waals surface area (Å²) in [5.74, 6) is 0.838. The van der Waals surface area contributed by atoms with Gasteiger partial charge < -0.3 is 14.0 Å². The van der Waals surface area contributed by atoms with Gasteiger partial charge in [0.15, 0.2) is 0 Å². The van der Waals surface area contributed by atoms with E-state index in [1.165, 1.54) is 0 Å². The van der Waals surface area contributed by atoms with Gasteiger partial charge in [0, 0.05) is 18.3 Å². The molecular weight excluding hydrogens is 298 g/mol. The number of hydrogen-bond donors (Lipinski definition) is 0. The Morgan fingerprint density at radius 1 is 1.14 bits per heavy atom. The van der Waals surface area contributed by atoms with Crippen LogP contribution in [0.2, 0.25) is 5.02 Å². The van der Waals surface area contributed by atoms with E-state index in [1.807, 2.05) is 56.7 Å². The third-order valence-electron chi connectivity index (χ3n) is 3.51. The number of nitrogens with zero attached hydrogens (tertiary/aromatic N) is 3. The minimum absolute atomic E-state index is 0.700. The molecule has 1 aromatic carbocycles. The highest BCUT2D eigenvalue weighted by atomic mass is 35.5. The quantitative estimate of drug-likeness (QED) is 0.735. The van der Waals surface area contributed by atoms with Crippen molar-refractivity contribution >= 4 is 17.2 Å². The summed E-state index contributed by atoms with van der Waals surface area (Å²) in [5.41, 5.74) is 4.05. The summed E-state index contributed by atoms with van der Waals surface area (Å²) in [6.45, 7) is 0.781. The highest BCUT2D eigenvalue weighted by Gasteiger charge is 2.15. The maximum absolute atomic E-state index is 6.14. The lowest BCUT2D eigenvalue weighted by Crippen LogP contribution is -2.13. The number of imidazole rings is 1. The van der Waals surface area contributed by atoms with Crippen molar-refractivity contribution in [3.8, 4) is 17.0 Å². The molecule has 3 aromatic rings. The molecule has 0 atom stereocenters. The molecule has 3 rings (SSSR count). The van der Waals surface area contributed by atoms with Gasteiger partial charge in [0.25, 0.3) is 0 Å². The van der Waals surface area contributed by atoms with Crippen LogP contribution >= 0.6 is 11.6 Å². The fourth-order valence-corrected chi connectivity index (χ4v) is 2.66. The molecule has 0 saturated heterocycles. The van der Waals surface area contributed by atoms with Crippen LogP contribution in [0.3, 0.4) is 0 Å². The Morgan fingerprint density at radius 3 is 2.50 bits per heavy atom. The molecule has 0 amide bonds. The van der Waals surface area contributed by atoms with Crippen molar-refractivity contribution in [2.75, 3.05) is 21.2 Å². The number of rotatable bonds is 4. The van der Waals surface area contributed by atoms with Crippen molar-refractivity contribution in [1.82, 2.24) is 14.3 Å². The van der Waals surface area contributed by atoms with E-state index in [9.17, 15) is 0 Å². The molecule has 0 aliphatic carbocycles. The van der Waals surface area contributed by atoms with Crippen LogP contribution in [0.25, 0.3) is 16.9 Å². The van der Waals surface area contributed by atoms with Gasteiger partial charge in [0.2, 0.25) is 0 Å². The Hall–Kier alpha value is -2.04. The molecule has 5 heteroatoms. The van der Waals surface area contributed by atoms with Crippen LogP contribution in [0.15, 0.2) is 42.6 Å². The van der Waals surface area contributed by atoms with Crippen LogP contribution in [0.5, 0.6) is 5.75 Å². The highest BCUT2D eigenvalue weighted by molar-refractivity contribution is 6.30. The lowest BCUT2D eigenvalue weighted by Gasteiger charge is -2.11. The SMILES string of the molecule is COc1ccc(-c2nc3ccc(Cl)cn3c2CN(C)C)cc1. The van der Waals surface area contributed by atoms with Crippen LogP contribution in [0.1, 0.15) is 5.69 Å². The molecule has 0 fully saturated rings. The molecule has 0 radical (unpaired) electrons. The lowest BCUT2D eigenvalue weighted by atomic mass is 10.1. The van der Waals surface area contributed by atoms with Crippen LogP contribution < -0.4 is 4.74 Å². The number of aromatic nitrogens is 2. The van der Waals surface area contributed by atoms with Crippen molar-refractivity contribution in [3.05, 3.63) is 53.3 Å². The lowest BCUT2D eigenvalue weighted by molar-refractivity contribution is 0.396. The zero-order chi connectivity index (χ0) is 15.7. The van der Waals surface area contributed by atoms with Gasteiger partial charge >= 0.3 is 0 Å². The van der Waals surface area contributed by atoms with Crippen molar-refractivity contribution in [3.63, 3.8) is 0 Å². The molecule has 114 valence electrons. The molecule has 0 saturated carbocycles. The molecule has 0 aliphatic heterocycles. The van der Waals surface area contributed by atoms with Gasteiger partial charge in [-0.25, -0.2) is 4.98 Å². The first-order valence-electron chi connectivity index (χ1n) is 7.04. The highest BCUT2D eigenvalue weighted by Crippen LogP contribution is 2.28. The van der Waals surface area contributed by atoms with Gasteiger partial charge in [0.1, 0.15) is 11.4 Å². The number of methoxy groups -OCH3 is 1. The van der Waals surface area contributed by atoms with E-state index in [0.717, 1.165) is 34.9 Å². The van der Waals surface area contributed by atoms with Gasteiger partial charge in [-0.05, 0) is 50.5 Å². The Bertz CT molecular complexity index is 794. The Kier molecular flexibility index (Phi) is 4.05. The average Bonchev–Trinajstić information content (AvgIpc) is 2.85. The first-order valence-corrected chi connectivity index (χ1v) is 7.42. The van der Waals surface area contributed by atoms with E-state index >= 15 is 0 Å². The smallest absolute Gasteiger partial charge is 0.137 e. The molecule has 4 nitrogen and oxygen atoms in total. The second-order valence-corrected chi connectivity index (χ2v) is 5.89. The number of hydrogen-bond acceptors (Lipinski definition) is 3. The van der Waals surface area contributed by atoms with E-state index in [4.69, 9.17) is 21.3 Å². The molecule has 0 N–H and O–H groups in total. The summed E-state index contributed by atoms with van der Waals surface area (Å²) in [7, 11) is 5.75. The predicted molar refractivity (Wildman–Crippen MR) is 89.6 cm³/mol. The van der Waals surface area contributed by atoms with Crippen LogP contribution in [0.4, 0.5) is 0 Å². The van der Waals surface area contributed by atoms with Gasteiger partial charge in [0.05, 0.1) is 23.5 Å². The molecule has 22 heavy (non-hydrogen) atoms. The molecular formula is C17H18ClN3O. The fraction of sp³-hybridized carbons (Fsp3) is 0.235. The zero-order valence-electron chi connectivity index (χ0n) is 12.9. The number of halogens is 1. The maximum Gasteiger partial charge on any atom is 0.137 e. The molecule has 2 aromatic heterocycles. The standard InChI is InChI=1S/C17H18ClN3O/c1-20(2)11-15-17(12-4-7-14(22-3)8-5-12)19-16-9-6-13(18)10-21(15)16/h4-10H,11H2,1-3H3. The zero-order valence-corrected chi connectivity index (χ0v) is 13.6. The second kappa shape index (κ2) is 5.99. The molecule has 0 bridgehead atoms. The van der Waals surface area contributed by atoms with Crippen LogP contribution in [-0.2, 0) is 6.54 Å². The average molecular weight is 316 g/mol. The Labute approximate surface area is 134 Å². The first-order chi connectivity index (χ1) is 10.6. The molecule has 0 spiro atoms. The van der Waals surface area contributed by atoms with E-state index in [1.54, 1.807) is 7.11 Å². The van der Waals surface area contributed by atoms with Crippen molar-refractivity contribution in [2.24, 2.45) is 0 Å². The Morgan fingerprint density at radius 2 is 1.86 bits per heavy atom. The van der Waals surface area contributed by atoms with E-state index in [-0.39, 0.29) is 0 Å². The van der Waals surface area contributed by atoms with Gasteiger partial charge in [-0.15, -0.1) is 0 Å². The van der Waals surface area contributed by atoms with Crippen molar-refractivity contribution < 1.29 is 4.74 Å². The molecule has 0 unspecified atom stereocenters. The monoisotopic (exact) mass is 315 g/mol. The Balaban J connectivity index is 2.18. The summed E-state index contributed by atoms with van der Waals surface area (Å²) >= 11 is 6.14. The summed E-state index contributed by atoms with van der Waals surface area (Å²) in [4.78, 5) is 6.89. The van der Waals surface area contributed by atoms with Crippen LogP contribution in [-0.4, -0.2) is 35.5 Å².